The summed E-state index contributed by atoms with van der Waals surface area (Å²) in [5, 5.41) is 1.91. The summed E-state index contributed by atoms with van der Waals surface area (Å²) in [4.78, 5) is 34.9. The molecule has 0 fully saturated rings. The number of carbonyl (C=O) groups is 2. The van der Waals surface area contributed by atoms with Crippen LogP contribution >= 0.6 is 0 Å². The molecule has 0 amide bonds. The molecule has 190 valence electrons. The van der Waals surface area contributed by atoms with Crippen molar-refractivity contribution in [2.24, 2.45) is 0 Å². The SMILES string of the molecule is CC(OC(=O)c1c2c(nc3ccccc13)CCN(C(C)C)C2)C(=O)n1c2c(c3ccccc31)CCCC2. The van der Waals surface area contributed by atoms with Crippen molar-refractivity contribution in [1.29, 1.82) is 0 Å². The van der Waals surface area contributed by atoms with Gasteiger partial charge in [-0.2, -0.15) is 0 Å². The molecule has 6 nitrogen and oxygen atoms in total. The molecule has 2 aliphatic rings. The second-order valence-electron chi connectivity index (χ2n) is 10.6. The van der Waals surface area contributed by atoms with Crippen LogP contribution in [-0.4, -0.2) is 45.0 Å². The van der Waals surface area contributed by atoms with Crippen molar-refractivity contribution in [2.45, 2.75) is 71.6 Å². The van der Waals surface area contributed by atoms with Crippen molar-refractivity contribution in [3.8, 4) is 0 Å². The Labute approximate surface area is 217 Å². The molecule has 0 spiro atoms. The Kier molecular flexibility index (Phi) is 6.07. The summed E-state index contributed by atoms with van der Waals surface area (Å²) in [5.41, 5.74) is 6.44. The summed E-state index contributed by atoms with van der Waals surface area (Å²) in [6.45, 7) is 7.58. The average Bonchev–Trinajstić information content (AvgIpc) is 3.25. The first-order valence-electron chi connectivity index (χ1n) is 13.4. The maximum atomic E-state index is 13.8. The summed E-state index contributed by atoms with van der Waals surface area (Å²) in [6.07, 6.45) is 3.91. The zero-order valence-electron chi connectivity index (χ0n) is 21.8. The van der Waals surface area contributed by atoms with E-state index >= 15 is 0 Å². The number of aromatic nitrogens is 2. The monoisotopic (exact) mass is 495 g/mol. The molecule has 0 N–H and O–H groups in total. The fourth-order valence-electron chi connectivity index (χ4n) is 6.08. The lowest BCUT2D eigenvalue weighted by Crippen LogP contribution is -2.38. The highest BCUT2D eigenvalue weighted by molar-refractivity contribution is 6.06. The average molecular weight is 496 g/mol. The lowest BCUT2D eigenvalue weighted by atomic mass is 9.95. The highest BCUT2D eigenvalue weighted by Gasteiger charge is 2.31. The van der Waals surface area contributed by atoms with E-state index in [2.05, 4.69) is 24.8 Å². The van der Waals surface area contributed by atoms with Crippen LogP contribution in [0.2, 0.25) is 0 Å². The van der Waals surface area contributed by atoms with Gasteiger partial charge in [-0.25, -0.2) is 4.79 Å². The first-order valence-corrected chi connectivity index (χ1v) is 13.4. The maximum Gasteiger partial charge on any atom is 0.339 e. The van der Waals surface area contributed by atoms with Crippen LogP contribution in [0, 0.1) is 0 Å². The van der Waals surface area contributed by atoms with Crippen LogP contribution in [0.4, 0.5) is 0 Å². The quantitative estimate of drug-likeness (QED) is 0.339. The number of nitrogens with zero attached hydrogens (tertiary/aromatic N) is 3. The van der Waals surface area contributed by atoms with E-state index in [1.807, 2.05) is 47.0 Å². The van der Waals surface area contributed by atoms with Crippen molar-refractivity contribution in [3.63, 3.8) is 0 Å². The first-order chi connectivity index (χ1) is 17.9. The largest absolute Gasteiger partial charge is 0.449 e. The van der Waals surface area contributed by atoms with Gasteiger partial charge in [-0.3, -0.25) is 19.2 Å². The molecule has 4 aromatic rings. The zero-order chi connectivity index (χ0) is 25.7. The molecule has 2 aromatic carbocycles. The Hall–Kier alpha value is -3.51. The molecule has 0 bridgehead atoms. The molecule has 3 heterocycles. The van der Waals surface area contributed by atoms with Crippen molar-refractivity contribution < 1.29 is 14.3 Å². The van der Waals surface area contributed by atoms with E-state index in [4.69, 9.17) is 9.72 Å². The van der Waals surface area contributed by atoms with Crippen LogP contribution in [0.1, 0.15) is 71.3 Å². The molecular formula is C31H33N3O3. The molecule has 37 heavy (non-hydrogen) atoms. The van der Waals surface area contributed by atoms with Crippen LogP contribution in [0.5, 0.6) is 0 Å². The Morgan fingerprint density at radius 1 is 0.892 bits per heavy atom. The number of aryl methyl sites for hydroxylation is 1. The second-order valence-corrected chi connectivity index (χ2v) is 10.6. The highest BCUT2D eigenvalue weighted by Crippen LogP contribution is 2.33. The van der Waals surface area contributed by atoms with Gasteiger partial charge in [0.1, 0.15) is 0 Å². The van der Waals surface area contributed by atoms with E-state index in [0.717, 1.165) is 77.4 Å². The van der Waals surface area contributed by atoms with Crippen LogP contribution in [0.25, 0.3) is 21.8 Å². The van der Waals surface area contributed by atoms with Crippen molar-refractivity contribution in [2.75, 3.05) is 6.54 Å². The third-order valence-electron chi connectivity index (χ3n) is 8.04. The van der Waals surface area contributed by atoms with Gasteiger partial charge >= 0.3 is 5.97 Å². The molecule has 6 rings (SSSR count). The van der Waals surface area contributed by atoms with Gasteiger partial charge in [-0.1, -0.05) is 36.4 Å². The molecular weight excluding hydrogens is 462 g/mol. The Balaban J connectivity index is 1.37. The summed E-state index contributed by atoms with van der Waals surface area (Å²) in [6, 6.07) is 16.2. The number of para-hydroxylation sites is 2. The summed E-state index contributed by atoms with van der Waals surface area (Å²) in [7, 11) is 0. The van der Waals surface area contributed by atoms with E-state index in [9.17, 15) is 9.59 Å². The number of fused-ring (bicyclic) bond motifs is 5. The lowest BCUT2D eigenvalue weighted by Gasteiger charge is -2.32. The summed E-state index contributed by atoms with van der Waals surface area (Å²) >= 11 is 0. The van der Waals surface area contributed by atoms with Gasteiger partial charge in [0.25, 0.3) is 5.91 Å². The molecule has 0 saturated heterocycles. The topological polar surface area (TPSA) is 64.4 Å². The van der Waals surface area contributed by atoms with Gasteiger partial charge in [0.15, 0.2) is 6.10 Å². The number of esters is 1. The van der Waals surface area contributed by atoms with Crippen molar-refractivity contribution >= 4 is 33.7 Å². The van der Waals surface area contributed by atoms with Crippen molar-refractivity contribution in [3.05, 3.63) is 76.6 Å². The predicted molar refractivity (Wildman–Crippen MR) is 145 cm³/mol. The maximum absolute atomic E-state index is 13.8. The van der Waals surface area contributed by atoms with E-state index < -0.39 is 12.1 Å². The molecule has 0 radical (unpaired) electrons. The number of hydrogen-bond acceptors (Lipinski definition) is 5. The number of carbonyl (C=O) groups excluding carboxylic acids is 2. The minimum atomic E-state index is -0.915. The van der Waals surface area contributed by atoms with Gasteiger partial charge in [-0.15, -0.1) is 0 Å². The fourth-order valence-corrected chi connectivity index (χ4v) is 6.08. The Bertz CT molecular complexity index is 1530. The number of benzene rings is 2. The summed E-state index contributed by atoms with van der Waals surface area (Å²) < 4.78 is 7.78. The molecule has 1 aliphatic carbocycles. The second kappa shape index (κ2) is 9.42. The third-order valence-corrected chi connectivity index (χ3v) is 8.04. The number of hydrogen-bond donors (Lipinski definition) is 0. The van der Waals surface area contributed by atoms with Crippen LogP contribution in [-0.2, 0) is 30.5 Å². The van der Waals surface area contributed by atoms with Gasteiger partial charge < -0.3 is 4.74 Å². The van der Waals surface area contributed by atoms with Gasteiger partial charge in [0, 0.05) is 53.3 Å². The van der Waals surface area contributed by atoms with Gasteiger partial charge in [0.2, 0.25) is 0 Å². The van der Waals surface area contributed by atoms with E-state index in [1.54, 1.807) is 6.92 Å². The minimum absolute atomic E-state index is 0.191. The fraction of sp³-hybridized carbons (Fsp3) is 0.387. The zero-order valence-corrected chi connectivity index (χ0v) is 21.8. The molecule has 1 aliphatic heterocycles. The Morgan fingerprint density at radius 3 is 2.43 bits per heavy atom. The lowest BCUT2D eigenvalue weighted by molar-refractivity contribution is 0.0283. The van der Waals surface area contributed by atoms with E-state index in [1.165, 1.54) is 5.56 Å². The van der Waals surface area contributed by atoms with Crippen LogP contribution < -0.4 is 0 Å². The highest BCUT2D eigenvalue weighted by atomic mass is 16.5. The van der Waals surface area contributed by atoms with E-state index in [0.29, 0.717) is 18.2 Å². The normalized spacial score (nSPS) is 16.5. The van der Waals surface area contributed by atoms with E-state index in [-0.39, 0.29) is 5.91 Å². The molecule has 0 saturated carbocycles. The molecule has 1 unspecified atom stereocenters. The molecule has 2 aromatic heterocycles. The predicted octanol–water partition coefficient (Wildman–Crippen LogP) is 5.72. The standard InChI is InChI=1S/C31H33N3O3/c1-19(2)33-17-16-26-24(18-33)29(23-12-4-7-13-25(23)32-26)31(36)37-20(3)30(35)34-27-14-8-5-10-21(27)22-11-6-9-15-28(22)34/h4-5,7-8,10,12-14,19-20H,6,9,11,15-18H2,1-3H3. The minimum Gasteiger partial charge on any atom is -0.449 e. The molecule has 1 atom stereocenters. The first kappa shape index (κ1) is 23.9. The summed E-state index contributed by atoms with van der Waals surface area (Å²) in [5.74, 6) is -0.643. The number of rotatable bonds is 4. The third kappa shape index (κ3) is 4.04. The van der Waals surface area contributed by atoms with Gasteiger partial charge in [0.05, 0.1) is 16.6 Å². The van der Waals surface area contributed by atoms with Gasteiger partial charge in [-0.05, 0) is 64.2 Å². The number of ether oxygens (including phenoxy) is 1. The Morgan fingerprint density at radius 2 is 1.62 bits per heavy atom. The molecule has 6 heteroatoms. The van der Waals surface area contributed by atoms with Crippen LogP contribution in [0.3, 0.4) is 0 Å². The number of pyridine rings is 1. The van der Waals surface area contributed by atoms with Crippen molar-refractivity contribution in [1.82, 2.24) is 14.5 Å². The smallest absolute Gasteiger partial charge is 0.339 e. The van der Waals surface area contributed by atoms with Crippen LogP contribution in [0.15, 0.2) is 48.5 Å².